The van der Waals surface area contributed by atoms with Crippen LogP contribution in [0, 0.1) is 0 Å². The van der Waals surface area contributed by atoms with Gasteiger partial charge in [0.25, 0.3) is 0 Å². The quantitative estimate of drug-likeness (QED) is 0.154. The van der Waals surface area contributed by atoms with Crippen molar-refractivity contribution in [2.75, 3.05) is 19.8 Å². The van der Waals surface area contributed by atoms with Gasteiger partial charge in [0.2, 0.25) is 0 Å². The van der Waals surface area contributed by atoms with Gasteiger partial charge in [0.05, 0.1) is 19.8 Å². The first kappa shape index (κ1) is 27.9. The van der Waals surface area contributed by atoms with E-state index in [1.807, 2.05) is 0 Å². The Morgan fingerprint density at radius 1 is 0.441 bits per heavy atom. The van der Waals surface area contributed by atoms with Crippen molar-refractivity contribution in [2.45, 2.75) is 92.1 Å². The molecule has 0 aliphatic carbocycles. The molecule has 200 valence electrons. The molecule has 3 unspecified atom stereocenters. The van der Waals surface area contributed by atoms with Crippen molar-refractivity contribution in [3.05, 3.63) is 0 Å². The standard InChI is InChI=1S/C18H32O16/c19-1-4-7(22)8(23)12(27)17(31-4)34-15-6(3-21)32-18(13(28)10(15)25)33-14-5(2-20)30-16(29)11(26)9(14)24/h4-29H,1-3H2/t4-,5-,6-,7?,8+,9-,10-,11-,12-,13-,14?,15?,16+,17+,18-/m1/s1. The van der Waals surface area contributed by atoms with Gasteiger partial charge >= 0.3 is 0 Å². The fraction of sp³-hybridized carbons (Fsp3) is 1.00. The Balaban J connectivity index is 1.72. The molecule has 16 nitrogen and oxygen atoms in total. The lowest BCUT2D eigenvalue weighted by molar-refractivity contribution is -0.377. The molecule has 3 saturated heterocycles. The summed E-state index contributed by atoms with van der Waals surface area (Å²) in [6, 6.07) is 0. The Morgan fingerprint density at radius 2 is 0.853 bits per heavy atom. The van der Waals surface area contributed by atoms with E-state index in [0.29, 0.717) is 0 Å². The Kier molecular flexibility index (Phi) is 9.54. The Labute approximate surface area is 192 Å². The second kappa shape index (κ2) is 11.6. The van der Waals surface area contributed by atoms with Crippen molar-refractivity contribution in [1.82, 2.24) is 0 Å². The summed E-state index contributed by atoms with van der Waals surface area (Å²) in [5.41, 5.74) is 0. The lowest BCUT2D eigenvalue weighted by Gasteiger charge is -2.47. The number of rotatable bonds is 7. The highest BCUT2D eigenvalue weighted by atomic mass is 16.8. The lowest BCUT2D eigenvalue weighted by Crippen LogP contribution is -2.66. The number of aliphatic hydroxyl groups excluding tert-OH is 11. The summed E-state index contributed by atoms with van der Waals surface area (Å²) >= 11 is 0. The summed E-state index contributed by atoms with van der Waals surface area (Å²) in [6.07, 6.45) is -25.1. The summed E-state index contributed by atoms with van der Waals surface area (Å²) < 4.78 is 26.4. The largest absolute Gasteiger partial charge is 0.394 e. The molecule has 3 fully saturated rings. The van der Waals surface area contributed by atoms with Gasteiger partial charge < -0.3 is 79.9 Å². The predicted molar refractivity (Wildman–Crippen MR) is 101 cm³/mol. The van der Waals surface area contributed by atoms with Crippen LogP contribution in [0.15, 0.2) is 0 Å². The molecule has 0 spiro atoms. The molecular weight excluding hydrogens is 472 g/mol. The lowest BCUT2D eigenvalue weighted by atomic mass is 9.96. The number of aliphatic hydroxyl groups is 11. The minimum Gasteiger partial charge on any atom is -0.394 e. The highest BCUT2D eigenvalue weighted by Crippen LogP contribution is 2.32. The summed E-state index contributed by atoms with van der Waals surface area (Å²) in [7, 11) is 0. The maximum Gasteiger partial charge on any atom is 0.187 e. The zero-order valence-electron chi connectivity index (χ0n) is 17.7. The molecule has 0 amide bonds. The maximum atomic E-state index is 10.6. The summed E-state index contributed by atoms with van der Waals surface area (Å²) in [4.78, 5) is 0. The van der Waals surface area contributed by atoms with Gasteiger partial charge in [-0.15, -0.1) is 0 Å². The molecule has 16 heteroatoms. The summed E-state index contributed by atoms with van der Waals surface area (Å²) in [5, 5.41) is 109. The van der Waals surface area contributed by atoms with Crippen LogP contribution >= 0.6 is 0 Å². The molecule has 15 atom stereocenters. The first-order chi connectivity index (χ1) is 16.0. The molecule has 11 N–H and O–H groups in total. The fourth-order valence-electron chi connectivity index (χ4n) is 4.06. The van der Waals surface area contributed by atoms with Crippen LogP contribution in [0.2, 0.25) is 0 Å². The van der Waals surface area contributed by atoms with Crippen molar-refractivity contribution < 1.29 is 79.9 Å². The average molecular weight is 504 g/mol. The van der Waals surface area contributed by atoms with Crippen molar-refractivity contribution >= 4 is 0 Å². The second-order valence-corrected chi connectivity index (χ2v) is 8.33. The molecule has 0 aromatic carbocycles. The van der Waals surface area contributed by atoms with E-state index in [1.165, 1.54) is 0 Å². The molecule has 0 aromatic rings. The van der Waals surface area contributed by atoms with Gasteiger partial charge in [-0.25, -0.2) is 0 Å². The molecule has 3 rings (SSSR count). The van der Waals surface area contributed by atoms with Crippen molar-refractivity contribution in [3.8, 4) is 0 Å². The van der Waals surface area contributed by atoms with Gasteiger partial charge in [-0.2, -0.15) is 0 Å². The van der Waals surface area contributed by atoms with Crippen LogP contribution in [0.5, 0.6) is 0 Å². The van der Waals surface area contributed by atoms with Crippen LogP contribution in [0.4, 0.5) is 0 Å². The maximum absolute atomic E-state index is 10.6. The molecule has 0 aromatic heterocycles. The van der Waals surface area contributed by atoms with E-state index >= 15 is 0 Å². The SMILES string of the molecule is OC[C@H]1O[C@@H](OC2[C@@H](CO)O[C@H](OC3[C@@H](CO)O[C@H](O)[C@H](O)[C@H]3O)[C@H](O)[C@H]2O)[C@H](O)[C@@H](O)C1O. The number of ether oxygens (including phenoxy) is 5. The second-order valence-electron chi connectivity index (χ2n) is 8.33. The van der Waals surface area contributed by atoms with E-state index in [9.17, 15) is 56.2 Å². The molecule has 0 bridgehead atoms. The third-order valence-corrected chi connectivity index (χ3v) is 6.09. The fourth-order valence-corrected chi connectivity index (χ4v) is 4.06. The van der Waals surface area contributed by atoms with E-state index < -0.39 is 112 Å². The molecule has 3 aliphatic heterocycles. The van der Waals surface area contributed by atoms with Gasteiger partial charge in [-0.05, 0) is 0 Å². The molecule has 3 heterocycles. The number of hydrogen-bond acceptors (Lipinski definition) is 16. The van der Waals surface area contributed by atoms with Crippen LogP contribution in [-0.4, -0.2) is 168 Å². The minimum atomic E-state index is -1.91. The molecular formula is C18H32O16. The Hall–Kier alpha value is -0.640. The van der Waals surface area contributed by atoms with Crippen LogP contribution in [-0.2, 0) is 23.7 Å². The zero-order chi connectivity index (χ0) is 25.3. The van der Waals surface area contributed by atoms with E-state index in [2.05, 4.69) is 0 Å². The first-order valence-electron chi connectivity index (χ1n) is 10.6. The van der Waals surface area contributed by atoms with Crippen molar-refractivity contribution in [3.63, 3.8) is 0 Å². The highest BCUT2D eigenvalue weighted by molar-refractivity contribution is 4.96. The van der Waals surface area contributed by atoms with E-state index in [1.54, 1.807) is 0 Å². The van der Waals surface area contributed by atoms with Gasteiger partial charge in [-0.3, -0.25) is 0 Å². The normalized spacial score (nSPS) is 52.5. The Morgan fingerprint density at radius 3 is 1.35 bits per heavy atom. The predicted octanol–water partition coefficient (Wildman–Crippen LogP) is -7.57. The van der Waals surface area contributed by atoms with Gasteiger partial charge in [0.1, 0.15) is 73.2 Å². The smallest absolute Gasteiger partial charge is 0.187 e. The summed E-state index contributed by atoms with van der Waals surface area (Å²) in [5.74, 6) is 0. The molecule has 0 saturated carbocycles. The topological polar surface area (TPSA) is 269 Å². The number of hydrogen-bond donors (Lipinski definition) is 11. The summed E-state index contributed by atoms with van der Waals surface area (Å²) in [6.45, 7) is -2.32. The third-order valence-electron chi connectivity index (χ3n) is 6.09. The van der Waals surface area contributed by atoms with Crippen LogP contribution in [0.25, 0.3) is 0 Å². The van der Waals surface area contributed by atoms with Gasteiger partial charge in [0, 0.05) is 0 Å². The van der Waals surface area contributed by atoms with E-state index in [4.69, 9.17) is 23.7 Å². The van der Waals surface area contributed by atoms with E-state index in [0.717, 1.165) is 0 Å². The first-order valence-corrected chi connectivity index (χ1v) is 10.6. The van der Waals surface area contributed by atoms with Gasteiger partial charge in [0.15, 0.2) is 18.9 Å². The highest BCUT2D eigenvalue weighted by Gasteiger charge is 2.53. The Bertz CT molecular complexity index is 635. The monoisotopic (exact) mass is 504 g/mol. The average Bonchev–Trinajstić information content (AvgIpc) is 2.83. The minimum absolute atomic E-state index is 0.741. The molecule has 34 heavy (non-hydrogen) atoms. The van der Waals surface area contributed by atoms with Crippen LogP contribution < -0.4 is 0 Å². The zero-order valence-corrected chi connectivity index (χ0v) is 17.7. The van der Waals surface area contributed by atoms with E-state index in [-0.39, 0.29) is 0 Å². The van der Waals surface area contributed by atoms with Crippen molar-refractivity contribution in [2.24, 2.45) is 0 Å². The van der Waals surface area contributed by atoms with Crippen LogP contribution in [0.1, 0.15) is 0 Å². The third kappa shape index (κ3) is 5.37. The molecule has 3 aliphatic rings. The van der Waals surface area contributed by atoms with Crippen molar-refractivity contribution in [1.29, 1.82) is 0 Å². The van der Waals surface area contributed by atoms with Crippen LogP contribution in [0.3, 0.4) is 0 Å². The molecule has 0 radical (unpaired) electrons. The van der Waals surface area contributed by atoms with Gasteiger partial charge in [-0.1, -0.05) is 0 Å².